The molecule has 0 bridgehead atoms. The zero-order valence-electron chi connectivity index (χ0n) is 14.0. The first-order valence-corrected chi connectivity index (χ1v) is 7.97. The number of hydrogen-bond acceptors (Lipinski definition) is 4. The maximum Gasteiger partial charge on any atom is 0.251 e. The minimum Gasteiger partial charge on any atom is -0.395 e. The van der Waals surface area contributed by atoms with Gasteiger partial charge in [-0.15, -0.1) is 0 Å². The molecule has 0 heterocycles. The van der Waals surface area contributed by atoms with E-state index in [0.717, 1.165) is 24.9 Å². The highest BCUT2D eigenvalue weighted by Crippen LogP contribution is 2.12. The van der Waals surface area contributed by atoms with Crippen LogP contribution in [0.1, 0.15) is 36.0 Å². The molecule has 0 saturated heterocycles. The van der Waals surface area contributed by atoms with Crippen molar-refractivity contribution in [1.29, 1.82) is 0 Å². The van der Waals surface area contributed by atoms with Gasteiger partial charge in [-0.2, -0.15) is 0 Å². The molecule has 0 saturated carbocycles. The summed E-state index contributed by atoms with van der Waals surface area (Å²) in [7, 11) is 3.91. The third kappa shape index (κ3) is 7.65. The van der Waals surface area contributed by atoms with E-state index in [4.69, 9.17) is 5.11 Å². The number of carbonyl (C=O) groups excluding carboxylic acids is 2. The molecule has 0 aliphatic carbocycles. The van der Waals surface area contributed by atoms with Crippen LogP contribution in [0.4, 0.5) is 5.69 Å². The average molecular weight is 321 g/mol. The second-order valence-electron chi connectivity index (χ2n) is 5.58. The SMILES string of the molecule is CN(C)c1ccc(C(=O)NCCCCCC(=O)NCCO)cc1. The van der Waals surface area contributed by atoms with Gasteiger partial charge in [-0.3, -0.25) is 9.59 Å². The van der Waals surface area contributed by atoms with Crippen LogP contribution in [0.2, 0.25) is 0 Å². The molecule has 0 fully saturated rings. The van der Waals surface area contributed by atoms with Crippen molar-refractivity contribution in [2.45, 2.75) is 25.7 Å². The third-order valence-electron chi connectivity index (χ3n) is 3.45. The normalized spacial score (nSPS) is 10.2. The molecule has 1 aromatic rings. The second-order valence-corrected chi connectivity index (χ2v) is 5.58. The fourth-order valence-electron chi connectivity index (χ4n) is 2.09. The Hall–Kier alpha value is -2.08. The molecule has 6 heteroatoms. The first-order chi connectivity index (χ1) is 11.0. The number of rotatable bonds is 10. The molecule has 3 N–H and O–H groups in total. The Kier molecular flexibility index (Phi) is 8.75. The van der Waals surface area contributed by atoms with Gasteiger partial charge in [-0.1, -0.05) is 6.42 Å². The highest BCUT2D eigenvalue weighted by Gasteiger charge is 2.05. The summed E-state index contributed by atoms with van der Waals surface area (Å²) in [5.41, 5.74) is 1.71. The van der Waals surface area contributed by atoms with Gasteiger partial charge in [-0.05, 0) is 37.1 Å². The van der Waals surface area contributed by atoms with E-state index in [1.807, 2.05) is 43.3 Å². The predicted molar refractivity (Wildman–Crippen MR) is 91.7 cm³/mol. The Balaban J connectivity index is 2.15. The molecule has 0 aliphatic heterocycles. The van der Waals surface area contributed by atoms with Crippen LogP contribution in [0.15, 0.2) is 24.3 Å². The number of amides is 2. The molecule has 23 heavy (non-hydrogen) atoms. The van der Waals surface area contributed by atoms with E-state index in [0.29, 0.717) is 25.1 Å². The van der Waals surface area contributed by atoms with Crippen molar-refractivity contribution in [1.82, 2.24) is 10.6 Å². The minimum atomic E-state index is -0.0732. The van der Waals surface area contributed by atoms with Crippen molar-refractivity contribution in [3.63, 3.8) is 0 Å². The van der Waals surface area contributed by atoms with Gasteiger partial charge in [0.15, 0.2) is 0 Å². The van der Waals surface area contributed by atoms with Gasteiger partial charge in [0.25, 0.3) is 5.91 Å². The van der Waals surface area contributed by atoms with Gasteiger partial charge in [0.05, 0.1) is 6.61 Å². The first kappa shape index (κ1) is 19.0. The second kappa shape index (κ2) is 10.6. The van der Waals surface area contributed by atoms with E-state index in [1.165, 1.54) is 0 Å². The smallest absolute Gasteiger partial charge is 0.251 e. The monoisotopic (exact) mass is 321 g/mol. The Morgan fingerprint density at radius 2 is 1.70 bits per heavy atom. The third-order valence-corrected chi connectivity index (χ3v) is 3.45. The van der Waals surface area contributed by atoms with Crippen LogP contribution < -0.4 is 15.5 Å². The molecule has 0 radical (unpaired) electrons. The van der Waals surface area contributed by atoms with Crippen LogP contribution in [0.3, 0.4) is 0 Å². The predicted octanol–water partition coefficient (Wildman–Crippen LogP) is 1.15. The van der Waals surface area contributed by atoms with Gasteiger partial charge in [-0.25, -0.2) is 0 Å². The zero-order chi connectivity index (χ0) is 17.1. The maximum atomic E-state index is 12.0. The van der Waals surface area contributed by atoms with Crippen molar-refractivity contribution < 1.29 is 14.7 Å². The standard InChI is InChI=1S/C17H27N3O3/c1-20(2)15-9-7-14(8-10-15)17(23)19-11-5-3-4-6-16(22)18-12-13-21/h7-10,21H,3-6,11-13H2,1-2H3,(H,18,22)(H,19,23). The Labute approximate surface area is 137 Å². The summed E-state index contributed by atoms with van der Waals surface area (Å²) in [5, 5.41) is 14.1. The van der Waals surface area contributed by atoms with Crippen LogP contribution >= 0.6 is 0 Å². The van der Waals surface area contributed by atoms with E-state index in [9.17, 15) is 9.59 Å². The van der Waals surface area contributed by atoms with E-state index in [2.05, 4.69) is 10.6 Å². The molecule has 0 aromatic heterocycles. The van der Waals surface area contributed by atoms with E-state index < -0.39 is 0 Å². The number of carbonyl (C=O) groups is 2. The maximum absolute atomic E-state index is 12.0. The summed E-state index contributed by atoms with van der Waals surface area (Å²) in [5.74, 6) is -0.111. The number of aliphatic hydroxyl groups excluding tert-OH is 1. The number of nitrogens with zero attached hydrogens (tertiary/aromatic N) is 1. The fraction of sp³-hybridized carbons (Fsp3) is 0.529. The highest BCUT2D eigenvalue weighted by molar-refractivity contribution is 5.94. The lowest BCUT2D eigenvalue weighted by molar-refractivity contribution is -0.121. The van der Waals surface area contributed by atoms with Crippen LogP contribution in [0.5, 0.6) is 0 Å². The van der Waals surface area contributed by atoms with Crippen LogP contribution in [-0.4, -0.2) is 50.7 Å². The van der Waals surface area contributed by atoms with Crippen molar-refractivity contribution in [2.24, 2.45) is 0 Å². The van der Waals surface area contributed by atoms with Gasteiger partial charge >= 0.3 is 0 Å². The lowest BCUT2D eigenvalue weighted by Crippen LogP contribution is -2.26. The zero-order valence-corrected chi connectivity index (χ0v) is 14.0. The van der Waals surface area contributed by atoms with Crippen LogP contribution in [0, 0.1) is 0 Å². The van der Waals surface area contributed by atoms with E-state index in [1.54, 1.807) is 0 Å². The molecule has 1 rings (SSSR count). The van der Waals surface area contributed by atoms with Crippen molar-refractivity contribution in [2.75, 3.05) is 38.7 Å². The summed E-state index contributed by atoms with van der Waals surface area (Å²) in [6.45, 7) is 0.876. The summed E-state index contributed by atoms with van der Waals surface area (Å²) >= 11 is 0. The average Bonchev–Trinajstić information content (AvgIpc) is 2.55. The lowest BCUT2D eigenvalue weighted by Gasteiger charge is -2.12. The van der Waals surface area contributed by atoms with Crippen molar-refractivity contribution in [3.8, 4) is 0 Å². The molecular formula is C17H27N3O3. The quantitative estimate of drug-likeness (QED) is 0.565. The summed E-state index contributed by atoms with van der Waals surface area (Å²) in [6.07, 6.45) is 2.96. The van der Waals surface area contributed by atoms with E-state index in [-0.39, 0.29) is 18.4 Å². The van der Waals surface area contributed by atoms with Gasteiger partial charge in [0.2, 0.25) is 5.91 Å². The van der Waals surface area contributed by atoms with Crippen LogP contribution in [-0.2, 0) is 4.79 Å². The number of benzene rings is 1. The fourth-order valence-corrected chi connectivity index (χ4v) is 2.09. The molecule has 0 aliphatic rings. The Morgan fingerprint density at radius 1 is 1.00 bits per heavy atom. The summed E-state index contributed by atoms with van der Waals surface area (Å²) in [4.78, 5) is 25.3. The highest BCUT2D eigenvalue weighted by atomic mass is 16.3. The first-order valence-electron chi connectivity index (χ1n) is 7.97. The minimum absolute atomic E-state index is 0.0344. The molecule has 2 amide bonds. The molecule has 0 unspecified atom stereocenters. The molecule has 128 valence electrons. The summed E-state index contributed by atoms with van der Waals surface area (Å²) in [6, 6.07) is 7.46. The van der Waals surface area contributed by atoms with Gasteiger partial charge < -0.3 is 20.6 Å². The van der Waals surface area contributed by atoms with Gasteiger partial charge in [0, 0.05) is 44.9 Å². The number of nitrogens with one attached hydrogen (secondary N) is 2. The van der Waals surface area contributed by atoms with Crippen molar-refractivity contribution in [3.05, 3.63) is 29.8 Å². The molecule has 0 spiro atoms. The number of aliphatic hydroxyl groups is 1. The molecule has 1 aromatic carbocycles. The molecule has 6 nitrogen and oxygen atoms in total. The Morgan fingerprint density at radius 3 is 2.30 bits per heavy atom. The lowest BCUT2D eigenvalue weighted by atomic mass is 10.1. The van der Waals surface area contributed by atoms with Gasteiger partial charge in [0.1, 0.15) is 0 Å². The summed E-state index contributed by atoms with van der Waals surface area (Å²) < 4.78 is 0. The largest absolute Gasteiger partial charge is 0.395 e. The Bertz CT molecular complexity index is 486. The van der Waals surface area contributed by atoms with E-state index >= 15 is 0 Å². The number of hydrogen-bond donors (Lipinski definition) is 3. The molecule has 0 atom stereocenters. The number of unbranched alkanes of at least 4 members (excludes halogenated alkanes) is 2. The molecular weight excluding hydrogens is 294 g/mol. The van der Waals surface area contributed by atoms with Crippen LogP contribution in [0.25, 0.3) is 0 Å². The number of anilines is 1. The van der Waals surface area contributed by atoms with Crippen molar-refractivity contribution >= 4 is 17.5 Å². The topological polar surface area (TPSA) is 81.7 Å².